The first kappa shape index (κ1) is 15.9. The molecule has 1 aromatic carbocycles. The van der Waals surface area contributed by atoms with E-state index in [0.29, 0.717) is 0 Å². The van der Waals surface area contributed by atoms with Gasteiger partial charge >= 0.3 is 0 Å². The van der Waals surface area contributed by atoms with E-state index in [1.165, 1.54) is 12.1 Å². The highest BCUT2D eigenvalue weighted by atomic mass is 32.1. The van der Waals surface area contributed by atoms with Crippen molar-refractivity contribution < 1.29 is 4.39 Å². The molecule has 0 spiro atoms. The molecule has 128 valence electrons. The Kier molecular flexibility index (Phi) is 4.27. The zero-order chi connectivity index (χ0) is 17.2. The number of aryl methyl sites for hydroxylation is 1. The van der Waals surface area contributed by atoms with Crippen molar-refractivity contribution in [1.82, 2.24) is 20.4 Å². The Morgan fingerprint density at radius 3 is 2.16 bits per heavy atom. The van der Waals surface area contributed by atoms with Crippen LogP contribution < -0.4 is 9.80 Å². The molecule has 0 atom stereocenters. The third kappa shape index (κ3) is 3.43. The maximum Gasteiger partial charge on any atom is 0.208 e. The van der Waals surface area contributed by atoms with Crippen molar-refractivity contribution in [3.8, 4) is 11.3 Å². The molecule has 3 heterocycles. The summed E-state index contributed by atoms with van der Waals surface area (Å²) in [6.07, 6.45) is 0. The minimum Gasteiger partial charge on any atom is -0.352 e. The van der Waals surface area contributed by atoms with Crippen LogP contribution in [-0.2, 0) is 0 Å². The summed E-state index contributed by atoms with van der Waals surface area (Å²) in [5, 5.41) is 18.9. The molecule has 2 aromatic heterocycles. The molecule has 1 saturated heterocycles. The predicted octanol–water partition coefficient (Wildman–Crippen LogP) is 2.77. The van der Waals surface area contributed by atoms with Crippen molar-refractivity contribution in [3.05, 3.63) is 47.2 Å². The largest absolute Gasteiger partial charge is 0.352 e. The van der Waals surface area contributed by atoms with Crippen molar-refractivity contribution in [2.45, 2.75) is 6.92 Å². The fourth-order valence-corrected chi connectivity index (χ4v) is 3.55. The molecule has 0 aliphatic carbocycles. The van der Waals surface area contributed by atoms with Crippen LogP contribution in [-0.4, -0.2) is 46.6 Å². The second-order valence-corrected chi connectivity index (χ2v) is 7.02. The maximum absolute atomic E-state index is 13.0. The molecule has 6 nitrogen and oxygen atoms in total. The van der Waals surface area contributed by atoms with E-state index >= 15 is 0 Å². The third-order valence-electron chi connectivity index (χ3n) is 4.18. The van der Waals surface area contributed by atoms with Gasteiger partial charge in [-0.25, -0.2) is 4.39 Å². The number of benzene rings is 1. The van der Waals surface area contributed by atoms with E-state index in [0.717, 1.165) is 53.4 Å². The number of piperazine rings is 1. The number of hydrogen-bond donors (Lipinski definition) is 0. The van der Waals surface area contributed by atoms with Crippen molar-refractivity contribution in [3.63, 3.8) is 0 Å². The van der Waals surface area contributed by atoms with Crippen molar-refractivity contribution in [2.75, 3.05) is 36.0 Å². The van der Waals surface area contributed by atoms with Gasteiger partial charge in [0.05, 0.1) is 5.69 Å². The minimum atomic E-state index is -0.253. The van der Waals surface area contributed by atoms with Gasteiger partial charge < -0.3 is 9.80 Å². The Balaban J connectivity index is 1.42. The molecular weight excluding hydrogens is 339 g/mol. The number of aromatic nitrogens is 4. The van der Waals surface area contributed by atoms with E-state index in [9.17, 15) is 4.39 Å². The van der Waals surface area contributed by atoms with Crippen LogP contribution in [0.2, 0.25) is 0 Å². The third-order valence-corrected chi connectivity index (χ3v) is 5.08. The molecule has 0 radical (unpaired) electrons. The van der Waals surface area contributed by atoms with Crippen molar-refractivity contribution in [2.24, 2.45) is 0 Å². The molecule has 1 fully saturated rings. The van der Waals surface area contributed by atoms with E-state index in [-0.39, 0.29) is 5.82 Å². The Hall–Kier alpha value is -2.61. The molecule has 3 aromatic rings. The molecule has 25 heavy (non-hydrogen) atoms. The van der Waals surface area contributed by atoms with Gasteiger partial charge in [-0.1, -0.05) is 11.3 Å². The fourth-order valence-electron chi connectivity index (χ4n) is 2.81. The summed E-state index contributed by atoms with van der Waals surface area (Å²) in [5.41, 5.74) is 1.60. The first-order chi connectivity index (χ1) is 12.2. The van der Waals surface area contributed by atoms with Crippen LogP contribution in [0.4, 0.5) is 15.3 Å². The molecule has 8 heteroatoms. The van der Waals surface area contributed by atoms with E-state index in [2.05, 4.69) is 30.2 Å². The first-order valence-corrected chi connectivity index (χ1v) is 8.90. The summed E-state index contributed by atoms with van der Waals surface area (Å²) in [6, 6.07) is 10.2. The molecule has 0 saturated carbocycles. The second-order valence-electron chi connectivity index (χ2n) is 5.86. The molecule has 0 bridgehead atoms. The number of nitrogens with zero attached hydrogens (tertiary/aromatic N) is 6. The van der Waals surface area contributed by atoms with Crippen molar-refractivity contribution >= 4 is 22.3 Å². The van der Waals surface area contributed by atoms with E-state index in [4.69, 9.17) is 0 Å². The van der Waals surface area contributed by atoms with E-state index < -0.39 is 0 Å². The summed E-state index contributed by atoms with van der Waals surface area (Å²) in [5.74, 6) is 0.607. The molecule has 1 aliphatic heterocycles. The summed E-state index contributed by atoms with van der Waals surface area (Å²) in [4.78, 5) is 4.47. The standard InChI is InChI=1S/C17H17FN6S/c1-12-19-22-17(25-12)24-10-8-23(9-11-24)16-7-6-15(20-21-16)13-2-4-14(18)5-3-13/h2-7H,8-11H2,1H3. The molecule has 1 aliphatic rings. The van der Waals surface area contributed by atoms with Gasteiger partial charge in [-0.2, -0.15) is 0 Å². The lowest BCUT2D eigenvalue weighted by molar-refractivity contribution is 0.628. The SMILES string of the molecule is Cc1nnc(N2CCN(c3ccc(-c4ccc(F)cc4)nn3)CC2)s1. The van der Waals surface area contributed by atoms with E-state index in [1.54, 1.807) is 23.5 Å². The zero-order valence-electron chi connectivity index (χ0n) is 13.8. The lowest BCUT2D eigenvalue weighted by Gasteiger charge is -2.34. The zero-order valence-corrected chi connectivity index (χ0v) is 14.6. The highest BCUT2D eigenvalue weighted by Gasteiger charge is 2.20. The quantitative estimate of drug-likeness (QED) is 0.719. The Morgan fingerprint density at radius 2 is 1.56 bits per heavy atom. The normalized spacial score (nSPS) is 14.8. The molecular formula is C17H17FN6S. The van der Waals surface area contributed by atoms with Gasteiger partial charge in [0, 0.05) is 31.7 Å². The van der Waals surface area contributed by atoms with Crippen LogP contribution >= 0.6 is 11.3 Å². The lowest BCUT2D eigenvalue weighted by Crippen LogP contribution is -2.46. The number of halogens is 1. The molecule has 0 amide bonds. The summed E-state index contributed by atoms with van der Waals surface area (Å²) in [6.45, 7) is 5.47. The smallest absolute Gasteiger partial charge is 0.208 e. The minimum absolute atomic E-state index is 0.253. The van der Waals surface area contributed by atoms with Crippen LogP contribution in [0.1, 0.15) is 5.01 Å². The monoisotopic (exact) mass is 356 g/mol. The van der Waals surface area contributed by atoms with Gasteiger partial charge in [-0.05, 0) is 43.3 Å². The van der Waals surface area contributed by atoms with Crippen molar-refractivity contribution in [1.29, 1.82) is 0 Å². The van der Waals surface area contributed by atoms with Gasteiger partial charge in [0.25, 0.3) is 0 Å². The number of anilines is 2. The fraction of sp³-hybridized carbons (Fsp3) is 0.294. The molecule has 4 rings (SSSR count). The summed E-state index contributed by atoms with van der Waals surface area (Å²) < 4.78 is 13.0. The Bertz CT molecular complexity index is 840. The maximum atomic E-state index is 13.0. The van der Waals surface area contributed by atoms with Crippen LogP contribution in [0.25, 0.3) is 11.3 Å². The van der Waals surface area contributed by atoms with Gasteiger partial charge in [-0.15, -0.1) is 20.4 Å². The van der Waals surface area contributed by atoms with Crippen LogP contribution in [0.5, 0.6) is 0 Å². The van der Waals surface area contributed by atoms with Gasteiger partial charge in [0.1, 0.15) is 10.8 Å². The summed E-state index contributed by atoms with van der Waals surface area (Å²) >= 11 is 1.62. The predicted molar refractivity (Wildman–Crippen MR) is 96.5 cm³/mol. The van der Waals surface area contributed by atoms with Gasteiger partial charge in [-0.3, -0.25) is 0 Å². The van der Waals surface area contributed by atoms with Crippen LogP contribution in [0.3, 0.4) is 0 Å². The highest BCUT2D eigenvalue weighted by molar-refractivity contribution is 7.15. The topological polar surface area (TPSA) is 58.0 Å². The average molecular weight is 356 g/mol. The highest BCUT2D eigenvalue weighted by Crippen LogP contribution is 2.23. The van der Waals surface area contributed by atoms with Gasteiger partial charge in [0.15, 0.2) is 5.82 Å². The molecule has 0 unspecified atom stereocenters. The summed E-state index contributed by atoms with van der Waals surface area (Å²) in [7, 11) is 0. The Morgan fingerprint density at radius 1 is 0.840 bits per heavy atom. The van der Waals surface area contributed by atoms with Crippen LogP contribution in [0.15, 0.2) is 36.4 Å². The molecule has 0 N–H and O–H groups in total. The number of hydrogen-bond acceptors (Lipinski definition) is 7. The first-order valence-electron chi connectivity index (χ1n) is 8.09. The van der Waals surface area contributed by atoms with Crippen LogP contribution in [0, 0.1) is 12.7 Å². The van der Waals surface area contributed by atoms with Gasteiger partial charge in [0.2, 0.25) is 5.13 Å². The van der Waals surface area contributed by atoms with E-state index in [1.807, 2.05) is 19.1 Å². The lowest BCUT2D eigenvalue weighted by atomic mass is 10.1. The number of rotatable bonds is 3. The second kappa shape index (κ2) is 6.72. The average Bonchev–Trinajstić information content (AvgIpc) is 3.09. The Labute approximate surface area is 149 Å².